The van der Waals surface area contributed by atoms with Crippen molar-refractivity contribution in [2.75, 3.05) is 14.2 Å². The second kappa shape index (κ2) is 5.41. The zero-order chi connectivity index (χ0) is 13.1. The number of halogens is 1. The fourth-order valence-corrected chi connectivity index (χ4v) is 1.96. The van der Waals surface area contributed by atoms with Crippen LogP contribution in [0.4, 0.5) is 0 Å². The van der Waals surface area contributed by atoms with Gasteiger partial charge in [0, 0.05) is 0 Å². The summed E-state index contributed by atoms with van der Waals surface area (Å²) in [6.45, 7) is 3.69. The van der Waals surface area contributed by atoms with Crippen LogP contribution in [0.5, 0.6) is 5.75 Å². The molecule has 0 bridgehead atoms. The maximum atomic E-state index is 11.6. The SMILES string of the molecule is COC(=O)C(C)(C)Cc1ccc(OC)c(Cl)c1. The number of methoxy groups -OCH3 is 2. The molecule has 0 unspecified atom stereocenters. The van der Waals surface area contributed by atoms with Crippen molar-refractivity contribution in [2.24, 2.45) is 5.41 Å². The van der Waals surface area contributed by atoms with Crippen LogP contribution in [0.2, 0.25) is 5.02 Å². The molecule has 0 fully saturated rings. The Balaban J connectivity index is 2.89. The lowest BCUT2D eigenvalue weighted by atomic mass is 9.86. The average molecular weight is 257 g/mol. The predicted molar refractivity (Wildman–Crippen MR) is 67.5 cm³/mol. The Bertz CT molecular complexity index is 413. The van der Waals surface area contributed by atoms with Crippen LogP contribution in [0.25, 0.3) is 0 Å². The number of hydrogen-bond acceptors (Lipinski definition) is 3. The Labute approximate surface area is 107 Å². The highest BCUT2D eigenvalue weighted by atomic mass is 35.5. The topological polar surface area (TPSA) is 35.5 Å². The van der Waals surface area contributed by atoms with Gasteiger partial charge < -0.3 is 9.47 Å². The van der Waals surface area contributed by atoms with Gasteiger partial charge in [-0.05, 0) is 38.0 Å². The molecule has 0 spiro atoms. The number of esters is 1. The summed E-state index contributed by atoms with van der Waals surface area (Å²) < 4.78 is 9.84. The first-order chi connectivity index (χ1) is 7.90. The van der Waals surface area contributed by atoms with Crippen LogP contribution < -0.4 is 4.74 Å². The third kappa shape index (κ3) is 3.37. The van der Waals surface area contributed by atoms with E-state index in [1.54, 1.807) is 13.2 Å². The molecule has 0 heterocycles. The number of ether oxygens (including phenoxy) is 2. The molecule has 0 N–H and O–H groups in total. The van der Waals surface area contributed by atoms with Crippen molar-refractivity contribution in [3.8, 4) is 5.75 Å². The molecule has 4 heteroatoms. The molecule has 94 valence electrons. The van der Waals surface area contributed by atoms with Gasteiger partial charge in [0.05, 0.1) is 24.7 Å². The van der Waals surface area contributed by atoms with Gasteiger partial charge >= 0.3 is 5.97 Å². The van der Waals surface area contributed by atoms with Crippen LogP contribution in [-0.4, -0.2) is 20.2 Å². The minimum Gasteiger partial charge on any atom is -0.495 e. The summed E-state index contributed by atoms with van der Waals surface area (Å²) in [4.78, 5) is 11.6. The van der Waals surface area contributed by atoms with Gasteiger partial charge in [0.1, 0.15) is 5.75 Å². The van der Waals surface area contributed by atoms with E-state index in [0.717, 1.165) is 5.56 Å². The van der Waals surface area contributed by atoms with Crippen LogP contribution in [-0.2, 0) is 16.0 Å². The van der Waals surface area contributed by atoms with Gasteiger partial charge in [-0.3, -0.25) is 4.79 Å². The summed E-state index contributed by atoms with van der Waals surface area (Å²) in [5.74, 6) is 0.399. The minimum absolute atomic E-state index is 0.232. The standard InChI is InChI=1S/C13H17ClO3/c1-13(2,12(15)17-4)8-9-5-6-11(16-3)10(14)7-9/h5-7H,8H2,1-4H3. The summed E-state index contributed by atoms with van der Waals surface area (Å²) in [6, 6.07) is 5.51. The monoisotopic (exact) mass is 256 g/mol. The summed E-state index contributed by atoms with van der Waals surface area (Å²) in [6.07, 6.45) is 0.573. The largest absolute Gasteiger partial charge is 0.495 e. The van der Waals surface area contributed by atoms with E-state index in [1.807, 2.05) is 26.0 Å². The third-order valence-corrected chi connectivity index (χ3v) is 2.90. The molecule has 3 nitrogen and oxygen atoms in total. The number of benzene rings is 1. The second-order valence-corrected chi connectivity index (χ2v) is 4.93. The lowest BCUT2D eigenvalue weighted by Crippen LogP contribution is -2.27. The first-order valence-electron chi connectivity index (χ1n) is 5.31. The Morgan fingerprint density at radius 1 is 1.35 bits per heavy atom. The molecule has 0 saturated carbocycles. The van der Waals surface area contributed by atoms with E-state index in [2.05, 4.69) is 0 Å². The minimum atomic E-state index is -0.563. The quantitative estimate of drug-likeness (QED) is 0.777. The fraction of sp³-hybridized carbons (Fsp3) is 0.462. The Hall–Kier alpha value is -1.22. The van der Waals surface area contributed by atoms with Crippen LogP contribution in [0.1, 0.15) is 19.4 Å². The normalized spacial score (nSPS) is 11.1. The second-order valence-electron chi connectivity index (χ2n) is 4.52. The van der Waals surface area contributed by atoms with E-state index in [0.29, 0.717) is 17.2 Å². The molecule has 0 radical (unpaired) electrons. The molecular weight excluding hydrogens is 240 g/mol. The fourth-order valence-electron chi connectivity index (χ4n) is 1.68. The van der Waals surface area contributed by atoms with E-state index < -0.39 is 5.41 Å². The molecule has 1 aromatic rings. The average Bonchev–Trinajstić information content (AvgIpc) is 2.27. The van der Waals surface area contributed by atoms with Crippen molar-refractivity contribution in [3.05, 3.63) is 28.8 Å². The van der Waals surface area contributed by atoms with E-state index in [9.17, 15) is 4.79 Å². The van der Waals surface area contributed by atoms with Gasteiger partial charge in [-0.1, -0.05) is 17.7 Å². The highest BCUT2D eigenvalue weighted by molar-refractivity contribution is 6.32. The molecule has 0 aliphatic rings. The van der Waals surface area contributed by atoms with Crippen molar-refractivity contribution in [1.82, 2.24) is 0 Å². The van der Waals surface area contributed by atoms with Gasteiger partial charge in [0.25, 0.3) is 0 Å². The lowest BCUT2D eigenvalue weighted by molar-refractivity contribution is -0.150. The van der Waals surface area contributed by atoms with Crippen LogP contribution in [0, 0.1) is 5.41 Å². The number of hydrogen-bond donors (Lipinski definition) is 0. The van der Waals surface area contributed by atoms with Crippen LogP contribution in [0.3, 0.4) is 0 Å². The van der Waals surface area contributed by atoms with E-state index >= 15 is 0 Å². The molecule has 0 saturated heterocycles. The highest BCUT2D eigenvalue weighted by Gasteiger charge is 2.29. The molecular formula is C13H17ClO3. The molecule has 0 aromatic heterocycles. The van der Waals surface area contributed by atoms with E-state index in [4.69, 9.17) is 21.1 Å². The lowest BCUT2D eigenvalue weighted by Gasteiger charge is -2.21. The summed E-state index contributed by atoms with van der Waals surface area (Å²) >= 11 is 6.03. The van der Waals surface area contributed by atoms with E-state index in [1.165, 1.54) is 7.11 Å². The molecule has 0 aliphatic heterocycles. The predicted octanol–water partition coefficient (Wildman–Crippen LogP) is 3.09. The maximum Gasteiger partial charge on any atom is 0.311 e. The zero-order valence-corrected chi connectivity index (χ0v) is 11.3. The van der Waals surface area contributed by atoms with Crippen LogP contribution >= 0.6 is 11.6 Å². The zero-order valence-electron chi connectivity index (χ0n) is 10.5. The summed E-state index contributed by atoms with van der Waals surface area (Å²) in [5, 5.41) is 0.547. The van der Waals surface area contributed by atoms with Crippen molar-refractivity contribution in [3.63, 3.8) is 0 Å². The number of carbonyl (C=O) groups excluding carboxylic acids is 1. The molecule has 1 rings (SSSR count). The smallest absolute Gasteiger partial charge is 0.311 e. The Morgan fingerprint density at radius 3 is 2.47 bits per heavy atom. The number of carbonyl (C=O) groups is 1. The van der Waals surface area contributed by atoms with Crippen molar-refractivity contribution in [2.45, 2.75) is 20.3 Å². The Morgan fingerprint density at radius 2 is 2.00 bits per heavy atom. The third-order valence-electron chi connectivity index (χ3n) is 2.60. The van der Waals surface area contributed by atoms with Gasteiger partial charge in [0.15, 0.2) is 0 Å². The van der Waals surface area contributed by atoms with Crippen LogP contribution in [0.15, 0.2) is 18.2 Å². The van der Waals surface area contributed by atoms with Gasteiger partial charge in [-0.15, -0.1) is 0 Å². The molecule has 0 aliphatic carbocycles. The molecule has 0 atom stereocenters. The van der Waals surface area contributed by atoms with Crippen molar-refractivity contribution >= 4 is 17.6 Å². The summed E-state index contributed by atoms with van der Waals surface area (Å²) in [5.41, 5.74) is 0.415. The first kappa shape index (κ1) is 13.8. The molecule has 17 heavy (non-hydrogen) atoms. The highest BCUT2D eigenvalue weighted by Crippen LogP contribution is 2.29. The Kier molecular flexibility index (Phi) is 4.40. The maximum absolute atomic E-state index is 11.6. The van der Waals surface area contributed by atoms with Gasteiger partial charge in [0.2, 0.25) is 0 Å². The summed E-state index contributed by atoms with van der Waals surface area (Å²) in [7, 11) is 2.96. The first-order valence-corrected chi connectivity index (χ1v) is 5.69. The van der Waals surface area contributed by atoms with Gasteiger partial charge in [-0.2, -0.15) is 0 Å². The molecule has 1 aromatic carbocycles. The van der Waals surface area contributed by atoms with Crippen molar-refractivity contribution < 1.29 is 14.3 Å². The van der Waals surface area contributed by atoms with Gasteiger partial charge in [-0.25, -0.2) is 0 Å². The van der Waals surface area contributed by atoms with Crippen molar-refractivity contribution in [1.29, 1.82) is 0 Å². The van der Waals surface area contributed by atoms with E-state index in [-0.39, 0.29) is 5.97 Å². The number of rotatable bonds is 4. The molecule has 0 amide bonds.